The second kappa shape index (κ2) is 9.17. The average Bonchev–Trinajstić information content (AvgIpc) is 3.46. The van der Waals surface area contributed by atoms with Gasteiger partial charge in [-0.15, -0.1) is 0 Å². The van der Waals surface area contributed by atoms with E-state index in [1.165, 1.54) is 0 Å². The number of carbonyl (C=O) groups is 1. The Morgan fingerprint density at radius 2 is 2.00 bits per heavy atom. The zero-order valence-corrected chi connectivity index (χ0v) is 17.4. The molecule has 0 unspecified atom stereocenters. The van der Waals surface area contributed by atoms with Crippen molar-refractivity contribution >= 4 is 6.03 Å². The molecular weight excluding hydrogens is 392 g/mol. The van der Waals surface area contributed by atoms with Crippen molar-refractivity contribution in [3.8, 4) is 11.4 Å². The van der Waals surface area contributed by atoms with Gasteiger partial charge in [0, 0.05) is 37.7 Å². The van der Waals surface area contributed by atoms with Gasteiger partial charge in [0.1, 0.15) is 17.6 Å². The molecule has 0 aliphatic heterocycles. The van der Waals surface area contributed by atoms with Gasteiger partial charge in [0.05, 0.1) is 19.0 Å². The van der Waals surface area contributed by atoms with Gasteiger partial charge >= 0.3 is 6.03 Å². The molecule has 31 heavy (non-hydrogen) atoms. The second-order valence-corrected chi connectivity index (χ2v) is 7.06. The predicted octanol–water partition coefficient (Wildman–Crippen LogP) is 3.20. The second-order valence-electron chi connectivity index (χ2n) is 7.06. The van der Waals surface area contributed by atoms with Gasteiger partial charge < -0.3 is 19.9 Å². The van der Waals surface area contributed by atoms with E-state index in [1.807, 2.05) is 78.6 Å². The molecule has 0 fully saturated rings. The number of amides is 2. The summed E-state index contributed by atoms with van der Waals surface area (Å²) < 4.78 is 9.00. The highest BCUT2D eigenvalue weighted by Gasteiger charge is 2.21. The number of nitrogens with zero attached hydrogens (tertiary/aromatic N) is 4. The van der Waals surface area contributed by atoms with Crippen LogP contribution in [0.2, 0.25) is 0 Å². The summed E-state index contributed by atoms with van der Waals surface area (Å²) in [5.41, 5.74) is 2.74. The molecule has 0 saturated heterocycles. The number of benzene rings is 2. The highest BCUT2D eigenvalue weighted by Crippen LogP contribution is 2.24. The van der Waals surface area contributed by atoms with E-state index in [0.29, 0.717) is 12.3 Å². The number of para-hydroxylation sites is 1. The van der Waals surface area contributed by atoms with Gasteiger partial charge in [-0.25, -0.2) is 14.5 Å². The molecule has 0 saturated carbocycles. The SMILES string of the molecule is COc1cccc([C@@H](NC(=O)NCc2cnn(-c3ccccc3)c2)c2nccn2C)c1. The molecule has 2 aromatic carbocycles. The lowest BCUT2D eigenvalue weighted by Crippen LogP contribution is -2.38. The molecular formula is C23H24N6O2. The van der Waals surface area contributed by atoms with Crippen molar-refractivity contribution in [3.05, 3.63) is 96.3 Å². The van der Waals surface area contributed by atoms with Crippen LogP contribution in [-0.4, -0.2) is 32.5 Å². The minimum Gasteiger partial charge on any atom is -0.497 e. The number of aryl methyl sites for hydroxylation is 1. The number of carbonyl (C=O) groups excluding carboxylic acids is 1. The molecule has 0 aliphatic rings. The Hall–Kier alpha value is -4.07. The van der Waals surface area contributed by atoms with Crippen LogP contribution >= 0.6 is 0 Å². The Morgan fingerprint density at radius 3 is 2.74 bits per heavy atom. The number of rotatable bonds is 7. The lowest BCUT2D eigenvalue weighted by atomic mass is 10.1. The molecule has 8 nitrogen and oxygen atoms in total. The van der Waals surface area contributed by atoms with E-state index in [1.54, 1.807) is 24.2 Å². The Balaban J connectivity index is 1.46. The summed E-state index contributed by atoms with van der Waals surface area (Å²) in [6.07, 6.45) is 7.19. The zero-order valence-electron chi connectivity index (χ0n) is 17.4. The van der Waals surface area contributed by atoms with Crippen molar-refractivity contribution < 1.29 is 9.53 Å². The van der Waals surface area contributed by atoms with Gasteiger partial charge in [-0.1, -0.05) is 30.3 Å². The molecule has 0 bridgehead atoms. The number of urea groups is 1. The van der Waals surface area contributed by atoms with Crippen molar-refractivity contribution in [2.24, 2.45) is 7.05 Å². The smallest absolute Gasteiger partial charge is 0.315 e. The summed E-state index contributed by atoms with van der Waals surface area (Å²) >= 11 is 0. The van der Waals surface area contributed by atoms with Crippen molar-refractivity contribution in [1.29, 1.82) is 0 Å². The Bertz CT molecular complexity index is 1150. The summed E-state index contributed by atoms with van der Waals surface area (Å²) in [5, 5.41) is 10.3. The molecule has 0 radical (unpaired) electrons. The quantitative estimate of drug-likeness (QED) is 0.484. The molecule has 0 aliphatic carbocycles. The van der Waals surface area contributed by atoms with E-state index in [9.17, 15) is 4.79 Å². The minimum atomic E-state index is -0.429. The predicted molar refractivity (Wildman–Crippen MR) is 117 cm³/mol. The van der Waals surface area contributed by atoms with Gasteiger partial charge in [-0.2, -0.15) is 5.10 Å². The Kier molecular flexibility index (Phi) is 5.98. The fourth-order valence-electron chi connectivity index (χ4n) is 3.31. The summed E-state index contributed by atoms with van der Waals surface area (Å²) in [7, 11) is 3.51. The number of hydrogen-bond acceptors (Lipinski definition) is 4. The number of methoxy groups -OCH3 is 1. The lowest BCUT2D eigenvalue weighted by Gasteiger charge is -2.20. The molecule has 4 rings (SSSR count). The lowest BCUT2D eigenvalue weighted by molar-refractivity contribution is 0.237. The maximum absolute atomic E-state index is 12.7. The van der Waals surface area contributed by atoms with Crippen molar-refractivity contribution in [2.45, 2.75) is 12.6 Å². The molecule has 2 amide bonds. The van der Waals surface area contributed by atoms with Crippen LogP contribution in [0.1, 0.15) is 23.0 Å². The first kappa shape index (κ1) is 20.2. The zero-order chi connectivity index (χ0) is 21.6. The number of imidazole rings is 1. The van der Waals surface area contributed by atoms with Crippen LogP contribution in [0, 0.1) is 0 Å². The first-order valence-electron chi connectivity index (χ1n) is 9.88. The van der Waals surface area contributed by atoms with E-state index < -0.39 is 6.04 Å². The first-order valence-corrected chi connectivity index (χ1v) is 9.88. The highest BCUT2D eigenvalue weighted by atomic mass is 16.5. The standard InChI is InChI=1S/C23H24N6O2/c1-28-12-11-24-22(28)21(18-7-6-10-20(13-18)31-2)27-23(30)25-14-17-15-26-29(16-17)19-8-4-3-5-9-19/h3-13,15-16,21H,14H2,1-2H3,(H2,25,27,30)/t21-/m1/s1. The summed E-state index contributed by atoms with van der Waals surface area (Å²) in [4.78, 5) is 17.1. The van der Waals surface area contributed by atoms with Gasteiger partial charge in [0.2, 0.25) is 0 Å². The van der Waals surface area contributed by atoms with Gasteiger partial charge in [0.15, 0.2) is 0 Å². The normalized spacial score (nSPS) is 11.7. The van der Waals surface area contributed by atoms with Crippen molar-refractivity contribution in [2.75, 3.05) is 7.11 Å². The Labute approximate surface area is 180 Å². The van der Waals surface area contributed by atoms with Crippen LogP contribution in [0.3, 0.4) is 0 Å². The number of ether oxygens (including phenoxy) is 1. The molecule has 158 valence electrons. The van der Waals surface area contributed by atoms with E-state index in [2.05, 4.69) is 20.7 Å². The van der Waals surface area contributed by atoms with Gasteiger partial charge in [0.25, 0.3) is 0 Å². The number of hydrogen-bond donors (Lipinski definition) is 2. The third-order valence-electron chi connectivity index (χ3n) is 4.93. The fourth-order valence-corrected chi connectivity index (χ4v) is 3.31. The third kappa shape index (κ3) is 4.75. The molecule has 1 atom stereocenters. The van der Waals surface area contributed by atoms with Crippen molar-refractivity contribution in [3.63, 3.8) is 0 Å². The van der Waals surface area contributed by atoms with E-state index in [-0.39, 0.29) is 6.03 Å². The summed E-state index contributed by atoms with van der Waals surface area (Å²) in [5.74, 6) is 1.44. The Morgan fingerprint density at radius 1 is 1.16 bits per heavy atom. The van der Waals surface area contributed by atoms with Gasteiger partial charge in [-0.3, -0.25) is 0 Å². The summed E-state index contributed by atoms with van der Waals surface area (Å²) in [6.45, 7) is 0.351. The van der Waals surface area contributed by atoms with E-state index in [4.69, 9.17) is 4.74 Å². The van der Waals surface area contributed by atoms with Crippen LogP contribution in [0.25, 0.3) is 5.69 Å². The molecule has 2 aromatic heterocycles. The van der Waals surface area contributed by atoms with Crippen LogP contribution in [0.5, 0.6) is 5.75 Å². The van der Waals surface area contributed by atoms with Gasteiger partial charge in [-0.05, 0) is 29.8 Å². The molecule has 8 heteroatoms. The fraction of sp³-hybridized carbons (Fsp3) is 0.174. The first-order chi connectivity index (χ1) is 15.1. The average molecular weight is 416 g/mol. The van der Waals surface area contributed by atoms with Crippen LogP contribution < -0.4 is 15.4 Å². The number of aromatic nitrogens is 4. The van der Waals surface area contributed by atoms with Crippen LogP contribution in [0.4, 0.5) is 4.79 Å². The summed E-state index contributed by atoms with van der Waals surface area (Å²) in [6, 6.07) is 16.7. The van der Waals surface area contributed by atoms with Crippen LogP contribution in [-0.2, 0) is 13.6 Å². The molecule has 4 aromatic rings. The van der Waals surface area contributed by atoms with E-state index in [0.717, 1.165) is 22.6 Å². The highest BCUT2D eigenvalue weighted by molar-refractivity contribution is 5.74. The molecule has 2 heterocycles. The largest absolute Gasteiger partial charge is 0.497 e. The topological polar surface area (TPSA) is 86.0 Å². The monoisotopic (exact) mass is 416 g/mol. The van der Waals surface area contributed by atoms with Crippen LogP contribution in [0.15, 0.2) is 79.4 Å². The van der Waals surface area contributed by atoms with E-state index >= 15 is 0 Å². The molecule has 0 spiro atoms. The van der Waals surface area contributed by atoms with Crippen molar-refractivity contribution in [1.82, 2.24) is 30.0 Å². The maximum Gasteiger partial charge on any atom is 0.315 e. The molecule has 2 N–H and O–H groups in total. The third-order valence-corrected chi connectivity index (χ3v) is 4.93. The number of nitrogens with one attached hydrogen (secondary N) is 2. The maximum atomic E-state index is 12.7. The minimum absolute atomic E-state index is 0.303.